The molecule has 1 fully saturated rings. The Labute approximate surface area is 135 Å². The largest absolute Gasteiger partial charge is 0.361 e. The molecule has 0 spiro atoms. The van der Waals surface area contributed by atoms with Gasteiger partial charge in [0.25, 0.3) is 0 Å². The third-order valence-electron chi connectivity index (χ3n) is 3.58. The van der Waals surface area contributed by atoms with Crippen LogP contribution in [0.4, 0.5) is 5.69 Å². The summed E-state index contributed by atoms with van der Waals surface area (Å²) < 4.78 is 1.12. The minimum atomic E-state index is 0.698. The van der Waals surface area contributed by atoms with Gasteiger partial charge in [-0.1, -0.05) is 22.4 Å². The predicted molar refractivity (Wildman–Crippen MR) is 93.4 cm³/mol. The van der Waals surface area contributed by atoms with Crippen molar-refractivity contribution in [1.29, 1.82) is 0 Å². The number of hydrogen-bond donors (Lipinski definition) is 2. The number of aryl methyl sites for hydroxylation is 1. The second kappa shape index (κ2) is 7.96. The topological polar surface area (TPSA) is 27.3 Å². The summed E-state index contributed by atoms with van der Waals surface area (Å²) in [6.45, 7) is 6.51. The second-order valence-electron chi connectivity index (χ2n) is 5.25. The molecule has 0 atom stereocenters. The Balaban J connectivity index is 1.70. The van der Waals surface area contributed by atoms with E-state index in [2.05, 4.69) is 44.5 Å². The molecule has 1 aromatic carbocycles. The Morgan fingerprint density at radius 2 is 2.05 bits per heavy atom. The number of anilines is 1. The van der Waals surface area contributed by atoms with Gasteiger partial charge in [-0.15, -0.1) is 0 Å². The van der Waals surface area contributed by atoms with Crippen LogP contribution in [0, 0.1) is 6.92 Å². The maximum Gasteiger partial charge on any atom is 0.170 e. The fraction of sp³-hybridized carbons (Fsp3) is 0.533. The van der Waals surface area contributed by atoms with Crippen LogP contribution in [0.15, 0.2) is 22.7 Å². The van der Waals surface area contributed by atoms with E-state index in [9.17, 15) is 0 Å². The number of rotatable bonds is 4. The molecule has 5 heteroatoms. The molecule has 0 saturated carbocycles. The quantitative estimate of drug-likeness (QED) is 0.807. The molecule has 0 radical (unpaired) electrons. The first-order chi connectivity index (χ1) is 9.65. The third kappa shape index (κ3) is 5.04. The van der Waals surface area contributed by atoms with Crippen LogP contribution in [-0.4, -0.2) is 36.2 Å². The first kappa shape index (κ1) is 15.7. The van der Waals surface area contributed by atoms with Crippen molar-refractivity contribution in [1.82, 2.24) is 10.2 Å². The maximum absolute atomic E-state index is 5.33. The monoisotopic (exact) mass is 355 g/mol. The van der Waals surface area contributed by atoms with Crippen molar-refractivity contribution in [2.24, 2.45) is 0 Å². The van der Waals surface area contributed by atoms with Crippen molar-refractivity contribution < 1.29 is 0 Å². The number of halogens is 1. The molecular formula is C15H22BrN3S. The molecule has 2 N–H and O–H groups in total. The van der Waals surface area contributed by atoms with Gasteiger partial charge < -0.3 is 15.5 Å². The lowest BCUT2D eigenvalue weighted by Crippen LogP contribution is -2.39. The molecule has 1 heterocycles. The number of nitrogens with zero attached hydrogens (tertiary/aromatic N) is 1. The summed E-state index contributed by atoms with van der Waals surface area (Å²) >= 11 is 8.83. The van der Waals surface area contributed by atoms with Crippen LogP contribution in [0.2, 0.25) is 0 Å². The highest BCUT2D eigenvalue weighted by Gasteiger charge is 2.09. The molecule has 1 saturated heterocycles. The van der Waals surface area contributed by atoms with Crippen LogP contribution < -0.4 is 10.6 Å². The molecule has 1 aliphatic heterocycles. The lowest BCUT2D eigenvalue weighted by atomic mass is 10.1. The highest BCUT2D eigenvalue weighted by molar-refractivity contribution is 9.10. The molecule has 0 amide bonds. The maximum atomic E-state index is 5.33. The van der Waals surface area contributed by atoms with Crippen molar-refractivity contribution in [3.8, 4) is 0 Å². The van der Waals surface area contributed by atoms with Gasteiger partial charge in [-0.25, -0.2) is 0 Å². The van der Waals surface area contributed by atoms with Gasteiger partial charge >= 0.3 is 0 Å². The molecule has 0 aliphatic carbocycles. The Bertz CT molecular complexity index is 458. The van der Waals surface area contributed by atoms with E-state index < -0.39 is 0 Å². The standard InChI is InChI=1S/C15H22BrN3S/c1-12-11-13(5-6-14(12)16)18-15(20)17-7-10-19-8-3-2-4-9-19/h5-6,11H,2-4,7-10H2,1H3,(H2,17,18,20). The minimum Gasteiger partial charge on any atom is -0.361 e. The van der Waals surface area contributed by atoms with Gasteiger partial charge in [0.2, 0.25) is 0 Å². The first-order valence-corrected chi connectivity index (χ1v) is 8.38. The Kier molecular flexibility index (Phi) is 6.26. The van der Waals surface area contributed by atoms with E-state index in [1.807, 2.05) is 12.1 Å². The highest BCUT2D eigenvalue weighted by Crippen LogP contribution is 2.19. The lowest BCUT2D eigenvalue weighted by molar-refractivity contribution is 0.232. The van der Waals surface area contributed by atoms with Crippen molar-refractivity contribution in [2.45, 2.75) is 26.2 Å². The highest BCUT2D eigenvalue weighted by atomic mass is 79.9. The van der Waals surface area contributed by atoms with Gasteiger partial charge in [-0.05, 0) is 68.8 Å². The fourth-order valence-electron chi connectivity index (χ4n) is 2.41. The number of benzene rings is 1. The molecule has 1 aromatic rings. The SMILES string of the molecule is Cc1cc(NC(=S)NCCN2CCCCC2)ccc1Br. The van der Waals surface area contributed by atoms with E-state index in [1.54, 1.807) is 0 Å². The number of hydrogen-bond acceptors (Lipinski definition) is 2. The second-order valence-corrected chi connectivity index (χ2v) is 6.51. The molecule has 0 unspecified atom stereocenters. The molecule has 0 bridgehead atoms. The molecule has 2 rings (SSSR count). The molecule has 20 heavy (non-hydrogen) atoms. The third-order valence-corrected chi connectivity index (χ3v) is 4.71. The van der Waals surface area contributed by atoms with E-state index in [4.69, 9.17) is 12.2 Å². The lowest BCUT2D eigenvalue weighted by Gasteiger charge is -2.26. The van der Waals surface area contributed by atoms with Crippen LogP contribution in [0.5, 0.6) is 0 Å². The summed E-state index contributed by atoms with van der Waals surface area (Å²) in [4.78, 5) is 2.50. The van der Waals surface area contributed by atoms with Gasteiger partial charge in [0.15, 0.2) is 5.11 Å². The van der Waals surface area contributed by atoms with E-state index >= 15 is 0 Å². The summed E-state index contributed by atoms with van der Waals surface area (Å²) in [5.74, 6) is 0. The predicted octanol–water partition coefficient (Wildman–Crippen LogP) is 3.53. The zero-order chi connectivity index (χ0) is 14.4. The van der Waals surface area contributed by atoms with Crippen LogP contribution in [0.3, 0.4) is 0 Å². The van der Waals surface area contributed by atoms with Crippen LogP contribution in [0.1, 0.15) is 24.8 Å². The Morgan fingerprint density at radius 1 is 1.30 bits per heavy atom. The van der Waals surface area contributed by atoms with Gasteiger partial charge in [0, 0.05) is 23.2 Å². The normalized spacial score (nSPS) is 15.9. The average Bonchev–Trinajstić information content (AvgIpc) is 2.44. The summed E-state index contributed by atoms with van der Waals surface area (Å²) in [7, 11) is 0. The van der Waals surface area contributed by atoms with Gasteiger partial charge in [-0.2, -0.15) is 0 Å². The van der Waals surface area contributed by atoms with Crippen molar-refractivity contribution >= 4 is 38.9 Å². The summed E-state index contributed by atoms with van der Waals surface area (Å²) in [5.41, 5.74) is 2.23. The molecule has 0 aromatic heterocycles. The van der Waals surface area contributed by atoms with E-state index in [1.165, 1.54) is 37.9 Å². The van der Waals surface area contributed by atoms with E-state index in [-0.39, 0.29) is 0 Å². The van der Waals surface area contributed by atoms with Crippen LogP contribution >= 0.6 is 28.1 Å². The van der Waals surface area contributed by atoms with Crippen molar-refractivity contribution in [2.75, 3.05) is 31.5 Å². The Morgan fingerprint density at radius 3 is 2.75 bits per heavy atom. The minimum absolute atomic E-state index is 0.698. The van der Waals surface area contributed by atoms with Gasteiger partial charge in [0.1, 0.15) is 0 Å². The van der Waals surface area contributed by atoms with Crippen molar-refractivity contribution in [3.63, 3.8) is 0 Å². The molecule has 1 aliphatic rings. The number of thiocarbonyl (C=S) groups is 1. The first-order valence-electron chi connectivity index (χ1n) is 7.18. The number of nitrogens with one attached hydrogen (secondary N) is 2. The van der Waals surface area contributed by atoms with E-state index in [0.29, 0.717) is 5.11 Å². The van der Waals surface area contributed by atoms with Crippen LogP contribution in [0.25, 0.3) is 0 Å². The fourth-order valence-corrected chi connectivity index (χ4v) is 2.87. The number of likely N-dealkylation sites (tertiary alicyclic amines) is 1. The van der Waals surface area contributed by atoms with E-state index in [0.717, 1.165) is 23.2 Å². The zero-order valence-electron chi connectivity index (χ0n) is 11.9. The molecule has 3 nitrogen and oxygen atoms in total. The smallest absolute Gasteiger partial charge is 0.170 e. The number of piperidine rings is 1. The van der Waals surface area contributed by atoms with Gasteiger partial charge in [-0.3, -0.25) is 0 Å². The summed E-state index contributed by atoms with van der Waals surface area (Å²) in [6.07, 6.45) is 4.05. The summed E-state index contributed by atoms with van der Waals surface area (Å²) in [5, 5.41) is 7.21. The molecular weight excluding hydrogens is 334 g/mol. The van der Waals surface area contributed by atoms with Crippen molar-refractivity contribution in [3.05, 3.63) is 28.2 Å². The Hall–Kier alpha value is -0.650. The summed E-state index contributed by atoms with van der Waals surface area (Å²) in [6, 6.07) is 6.15. The zero-order valence-corrected chi connectivity index (χ0v) is 14.3. The van der Waals surface area contributed by atoms with Crippen LogP contribution in [-0.2, 0) is 0 Å². The molecule has 110 valence electrons. The average molecular weight is 356 g/mol. The van der Waals surface area contributed by atoms with Gasteiger partial charge in [0.05, 0.1) is 0 Å².